The second kappa shape index (κ2) is 7.68. The monoisotopic (exact) mass is 307 g/mol. The van der Waals surface area contributed by atoms with Crippen molar-refractivity contribution in [1.82, 2.24) is 5.32 Å². The summed E-state index contributed by atoms with van der Waals surface area (Å²) in [5, 5.41) is 2.63. The number of methoxy groups -OCH3 is 1. The summed E-state index contributed by atoms with van der Waals surface area (Å²) in [5.74, 6) is 0.999. The first kappa shape index (κ1) is 16.1. The number of esters is 1. The Kier molecular flexibility index (Phi) is 5.63. The number of ether oxygens (including phenoxy) is 3. The Morgan fingerprint density at radius 2 is 1.95 bits per heavy atom. The van der Waals surface area contributed by atoms with Gasteiger partial charge in [-0.2, -0.15) is 0 Å². The first-order chi connectivity index (χ1) is 10.6. The maximum atomic E-state index is 11.5. The summed E-state index contributed by atoms with van der Waals surface area (Å²) in [6.45, 7) is 2.38. The Morgan fingerprint density at radius 3 is 2.59 bits per heavy atom. The van der Waals surface area contributed by atoms with Crippen LogP contribution in [0.25, 0.3) is 0 Å². The standard InChI is InChI=1S/C16H21NO5/c1-11-9-12(11)16(19)22-10-15(18)17-7-8-21-14-6-4-3-5-13(14)20-2/h3-6,11-12H,7-10H2,1-2H3,(H,17,18)/t11-,12+/m1/s1. The zero-order valence-corrected chi connectivity index (χ0v) is 12.8. The van der Waals surface area contributed by atoms with Crippen LogP contribution in [0.3, 0.4) is 0 Å². The molecule has 0 radical (unpaired) electrons. The third kappa shape index (κ3) is 4.65. The van der Waals surface area contributed by atoms with Gasteiger partial charge in [0.25, 0.3) is 5.91 Å². The summed E-state index contributed by atoms with van der Waals surface area (Å²) in [5.41, 5.74) is 0. The Hall–Kier alpha value is -2.24. The lowest BCUT2D eigenvalue weighted by Gasteiger charge is -2.11. The molecule has 0 heterocycles. The number of carbonyl (C=O) groups is 2. The van der Waals surface area contributed by atoms with Crippen molar-refractivity contribution in [2.24, 2.45) is 11.8 Å². The number of amides is 1. The lowest BCUT2D eigenvalue weighted by Crippen LogP contribution is -2.32. The minimum absolute atomic E-state index is 0.0262. The predicted octanol–water partition coefficient (Wildman–Crippen LogP) is 1.39. The predicted molar refractivity (Wildman–Crippen MR) is 79.7 cm³/mol. The number of benzene rings is 1. The van der Waals surface area contributed by atoms with Crippen molar-refractivity contribution < 1.29 is 23.8 Å². The van der Waals surface area contributed by atoms with Crippen LogP contribution in [-0.2, 0) is 14.3 Å². The molecule has 1 aromatic carbocycles. The van der Waals surface area contributed by atoms with E-state index in [1.807, 2.05) is 19.1 Å². The van der Waals surface area contributed by atoms with Gasteiger partial charge in [-0.25, -0.2) is 0 Å². The molecule has 1 fully saturated rings. The molecule has 1 aromatic rings. The SMILES string of the molecule is COc1ccccc1OCCNC(=O)COC(=O)[C@H]1C[C@H]1C. The number of hydrogen-bond acceptors (Lipinski definition) is 5. The lowest BCUT2D eigenvalue weighted by atomic mass is 10.3. The fourth-order valence-electron chi connectivity index (χ4n) is 2.03. The van der Waals surface area contributed by atoms with Crippen molar-refractivity contribution in [3.8, 4) is 11.5 Å². The molecule has 2 atom stereocenters. The minimum Gasteiger partial charge on any atom is -0.493 e. The smallest absolute Gasteiger partial charge is 0.309 e. The topological polar surface area (TPSA) is 73.9 Å². The summed E-state index contributed by atoms with van der Waals surface area (Å²) in [6.07, 6.45) is 0.854. The highest BCUT2D eigenvalue weighted by atomic mass is 16.5. The van der Waals surface area contributed by atoms with Gasteiger partial charge in [-0.3, -0.25) is 9.59 Å². The highest BCUT2D eigenvalue weighted by molar-refractivity contribution is 5.82. The van der Waals surface area contributed by atoms with Crippen LogP contribution in [0.5, 0.6) is 11.5 Å². The van der Waals surface area contributed by atoms with E-state index in [-0.39, 0.29) is 24.4 Å². The first-order valence-corrected chi connectivity index (χ1v) is 7.31. The molecule has 2 rings (SSSR count). The van der Waals surface area contributed by atoms with Gasteiger partial charge in [0.2, 0.25) is 0 Å². The van der Waals surface area contributed by atoms with E-state index in [0.717, 1.165) is 6.42 Å². The summed E-state index contributed by atoms with van der Waals surface area (Å²) in [4.78, 5) is 23.0. The van der Waals surface area contributed by atoms with Gasteiger partial charge >= 0.3 is 5.97 Å². The van der Waals surface area contributed by atoms with E-state index >= 15 is 0 Å². The highest BCUT2D eigenvalue weighted by Crippen LogP contribution is 2.38. The summed E-state index contributed by atoms with van der Waals surface area (Å²) < 4.78 is 15.6. The van der Waals surface area contributed by atoms with E-state index in [4.69, 9.17) is 14.2 Å². The van der Waals surface area contributed by atoms with Crippen LogP contribution in [-0.4, -0.2) is 38.7 Å². The third-order valence-corrected chi connectivity index (χ3v) is 3.51. The van der Waals surface area contributed by atoms with E-state index in [2.05, 4.69) is 5.32 Å². The number of hydrogen-bond donors (Lipinski definition) is 1. The maximum absolute atomic E-state index is 11.5. The lowest BCUT2D eigenvalue weighted by molar-refractivity contribution is -0.150. The summed E-state index contributed by atoms with van der Waals surface area (Å²) >= 11 is 0. The van der Waals surface area contributed by atoms with Crippen molar-refractivity contribution in [1.29, 1.82) is 0 Å². The van der Waals surface area contributed by atoms with Gasteiger partial charge in [-0.05, 0) is 24.5 Å². The quantitative estimate of drug-likeness (QED) is 0.580. The number of para-hydroxylation sites is 2. The molecular formula is C16H21NO5. The molecule has 0 aromatic heterocycles. The molecule has 0 unspecified atom stereocenters. The van der Waals surface area contributed by atoms with Crippen LogP contribution in [0.4, 0.5) is 0 Å². The van der Waals surface area contributed by atoms with Gasteiger partial charge in [0, 0.05) is 0 Å². The van der Waals surface area contributed by atoms with Crippen LogP contribution >= 0.6 is 0 Å². The van der Waals surface area contributed by atoms with Crippen molar-refractivity contribution in [2.75, 3.05) is 26.9 Å². The van der Waals surface area contributed by atoms with E-state index < -0.39 is 0 Å². The molecule has 0 saturated heterocycles. The Balaban J connectivity index is 1.60. The van der Waals surface area contributed by atoms with Crippen molar-refractivity contribution in [3.05, 3.63) is 24.3 Å². The van der Waals surface area contributed by atoms with Gasteiger partial charge in [0.1, 0.15) is 6.61 Å². The van der Waals surface area contributed by atoms with Gasteiger partial charge in [-0.1, -0.05) is 19.1 Å². The van der Waals surface area contributed by atoms with E-state index in [1.165, 1.54) is 0 Å². The van der Waals surface area contributed by atoms with E-state index in [9.17, 15) is 9.59 Å². The molecule has 0 bridgehead atoms. The molecule has 1 N–H and O–H groups in total. The normalized spacial score (nSPS) is 19.2. The van der Waals surface area contributed by atoms with E-state index in [1.54, 1.807) is 19.2 Å². The van der Waals surface area contributed by atoms with Crippen LogP contribution in [0.15, 0.2) is 24.3 Å². The zero-order valence-electron chi connectivity index (χ0n) is 12.8. The fourth-order valence-corrected chi connectivity index (χ4v) is 2.03. The van der Waals surface area contributed by atoms with Crippen LogP contribution in [0, 0.1) is 11.8 Å². The summed E-state index contributed by atoms with van der Waals surface area (Å²) in [7, 11) is 1.57. The number of carbonyl (C=O) groups excluding carboxylic acids is 2. The van der Waals surface area contributed by atoms with Crippen LogP contribution in [0.1, 0.15) is 13.3 Å². The second-order valence-electron chi connectivity index (χ2n) is 5.28. The Labute approximate surface area is 129 Å². The van der Waals surface area contributed by atoms with Gasteiger partial charge < -0.3 is 19.5 Å². The zero-order chi connectivity index (χ0) is 15.9. The van der Waals surface area contributed by atoms with Gasteiger partial charge in [0.05, 0.1) is 19.6 Å². The largest absolute Gasteiger partial charge is 0.493 e. The Morgan fingerprint density at radius 1 is 1.27 bits per heavy atom. The molecule has 0 spiro atoms. The van der Waals surface area contributed by atoms with Crippen molar-refractivity contribution in [3.63, 3.8) is 0 Å². The van der Waals surface area contributed by atoms with Crippen molar-refractivity contribution >= 4 is 11.9 Å². The molecule has 22 heavy (non-hydrogen) atoms. The van der Waals surface area contributed by atoms with E-state index in [0.29, 0.717) is 30.6 Å². The molecular weight excluding hydrogens is 286 g/mol. The molecule has 120 valence electrons. The molecule has 1 aliphatic carbocycles. The van der Waals surface area contributed by atoms with Crippen molar-refractivity contribution in [2.45, 2.75) is 13.3 Å². The fraction of sp³-hybridized carbons (Fsp3) is 0.500. The Bertz CT molecular complexity index is 531. The van der Waals surface area contributed by atoms with Gasteiger partial charge in [-0.15, -0.1) is 0 Å². The molecule has 1 aliphatic rings. The minimum atomic E-state index is -0.328. The second-order valence-corrected chi connectivity index (χ2v) is 5.28. The average Bonchev–Trinajstić information content (AvgIpc) is 3.26. The van der Waals surface area contributed by atoms with Crippen LogP contribution < -0.4 is 14.8 Å². The first-order valence-electron chi connectivity index (χ1n) is 7.31. The van der Waals surface area contributed by atoms with Crippen LogP contribution in [0.2, 0.25) is 0 Å². The van der Waals surface area contributed by atoms with Gasteiger partial charge in [0.15, 0.2) is 18.1 Å². The summed E-state index contributed by atoms with van der Waals surface area (Å²) in [6, 6.07) is 7.28. The molecule has 1 saturated carbocycles. The number of rotatable bonds is 8. The maximum Gasteiger partial charge on any atom is 0.309 e. The average molecular weight is 307 g/mol. The molecule has 6 nitrogen and oxygen atoms in total. The number of nitrogens with one attached hydrogen (secondary N) is 1. The highest BCUT2D eigenvalue weighted by Gasteiger charge is 2.40. The molecule has 0 aliphatic heterocycles. The molecule has 1 amide bonds. The molecule has 6 heteroatoms. The third-order valence-electron chi connectivity index (χ3n) is 3.51.